The summed E-state index contributed by atoms with van der Waals surface area (Å²) in [6, 6.07) is 5.57. The molecule has 4 nitrogen and oxygen atoms in total. The lowest BCUT2D eigenvalue weighted by Crippen LogP contribution is -2.35. The van der Waals surface area contributed by atoms with Gasteiger partial charge in [-0.25, -0.2) is 4.98 Å². The summed E-state index contributed by atoms with van der Waals surface area (Å²) in [5.74, 6) is 0.843. The third-order valence-corrected chi connectivity index (χ3v) is 6.00. The molecular weight excluding hydrogens is 399 g/mol. The Balaban J connectivity index is 1.27. The van der Waals surface area contributed by atoms with Crippen molar-refractivity contribution in [1.29, 1.82) is 0 Å². The molecule has 1 aromatic carbocycles. The zero-order valence-corrected chi connectivity index (χ0v) is 17.4. The average molecular weight is 428 g/mol. The van der Waals surface area contributed by atoms with Gasteiger partial charge in [0.15, 0.2) is 0 Å². The first-order valence-corrected chi connectivity index (χ1v) is 11.1. The summed E-state index contributed by atoms with van der Waals surface area (Å²) in [6.45, 7) is 5.36. The molecule has 0 bridgehead atoms. The molecule has 8 heteroatoms. The van der Waals surface area contributed by atoms with E-state index >= 15 is 0 Å². The standard InChI is InChI=1S/C21H28F3N3OS/c22-21(23,24)18-6-5-7-20(14-18)29-13-4-2-1-3-8-27-16-19(25-17-27)15-26-9-11-28-12-10-26/h5-7,14,16-17H,1-4,8-13,15H2. The molecule has 29 heavy (non-hydrogen) atoms. The number of rotatable bonds is 10. The first-order valence-electron chi connectivity index (χ1n) is 10.1. The van der Waals surface area contributed by atoms with Crippen molar-refractivity contribution in [3.63, 3.8) is 0 Å². The molecule has 0 spiro atoms. The Bertz CT molecular complexity index is 745. The van der Waals surface area contributed by atoms with Gasteiger partial charge in [0.05, 0.1) is 30.8 Å². The van der Waals surface area contributed by atoms with Crippen LogP contribution in [0.2, 0.25) is 0 Å². The molecular formula is C21H28F3N3OS. The van der Waals surface area contributed by atoms with Gasteiger partial charge in [0, 0.05) is 37.3 Å². The molecule has 0 aliphatic carbocycles. The van der Waals surface area contributed by atoms with E-state index in [1.54, 1.807) is 6.07 Å². The fraction of sp³-hybridized carbons (Fsp3) is 0.571. The van der Waals surface area contributed by atoms with Gasteiger partial charge in [-0.05, 0) is 36.8 Å². The number of morpholine rings is 1. The molecule has 1 aromatic heterocycles. The molecule has 0 radical (unpaired) electrons. The number of hydrogen-bond donors (Lipinski definition) is 0. The number of aromatic nitrogens is 2. The molecule has 2 heterocycles. The van der Waals surface area contributed by atoms with Gasteiger partial charge in [-0.1, -0.05) is 18.9 Å². The third-order valence-electron chi connectivity index (χ3n) is 4.92. The van der Waals surface area contributed by atoms with E-state index in [0.29, 0.717) is 4.90 Å². The van der Waals surface area contributed by atoms with Gasteiger partial charge >= 0.3 is 6.18 Å². The second kappa shape index (κ2) is 11.0. The van der Waals surface area contributed by atoms with Gasteiger partial charge in [-0.3, -0.25) is 4.90 Å². The van der Waals surface area contributed by atoms with E-state index in [1.807, 2.05) is 6.33 Å². The Labute approximate surface area is 174 Å². The molecule has 160 valence electrons. The number of alkyl halides is 3. The second-order valence-electron chi connectivity index (χ2n) is 7.28. The molecule has 1 aliphatic rings. The Kier molecular flexibility index (Phi) is 8.44. The molecule has 1 saturated heterocycles. The monoisotopic (exact) mass is 427 g/mol. The zero-order chi connectivity index (χ0) is 20.5. The number of halogens is 3. The van der Waals surface area contributed by atoms with Crippen molar-refractivity contribution in [3.05, 3.63) is 48.0 Å². The van der Waals surface area contributed by atoms with Gasteiger partial charge in [0.25, 0.3) is 0 Å². The Morgan fingerprint density at radius 1 is 1.07 bits per heavy atom. The number of aryl methyl sites for hydroxylation is 1. The largest absolute Gasteiger partial charge is 0.416 e. The van der Waals surface area contributed by atoms with E-state index in [0.717, 1.165) is 82.6 Å². The van der Waals surface area contributed by atoms with Crippen LogP contribution < -0.4 is 0 Å². The van der Waals surface area contributed by atoms with Gasteiger partial charge in [0.2, 0.25) is 0 Å². The molecule has 0 atom stereocenters. The number of ether oxygens (including phenoxy) is 1. The van der Waals surface area contributed by atoms with Crippen molar-refractivity contribution in [3.8, 4) is 0 Å². The van der Waals surface area contributed by atoms with E-state index in [-0.39, 0.29) is 0 Å². The molecule has 1 fully saturated rings. The number of nitrogens with zero attached hydrogens (tertiary/aromatic N) is 3. The Morgan fingerprint density at radius 3 is 2.66 bits per heavy atom. The smallest absolute Gasteiger partial charge is 0.379 e. The van der Waals surface area contributed by atoms with E-state index < -0.39 is 11.7 Å². The zero-order valence-electron chi connectivity index (χ0n) is 16.5. The summed E-state index contributed by atoms with van der Waals surface area (Å²) in [5.41, 5.74) is 0.528. The number of benzene rings is 1. The minimum atomic E-state index is -4.27. The number of hydrogen-bond acceptors (Lipinski definition) is 4. The van der Waals surface area contributed by atoms with Gasteiger partial charge in [-0.2, -0.15) is 13.2 Å². The highest BCUT2D eigenvalue weighted by Crippen LogP contribution is 2.32. The number of unbranched alkanes of at least 4 members (excludes halogenated alkanes) is 3. The molecule has 1 aliphatic heterocycles. The Morgan fingerprint density at radius 2 is 1.86 bits per heavy atom. The molecule has 0 saturated carbocycles. The van der Waals surface area contributed by atoms with Gasteiger partial charge in [-0.15, -0.1) is 11.8 Å². The second-order valence-corrected chi connectivity index (χ2v) is 8.45. The average Bonchev–Trinajstić information content (AvgIpc) is 3.15. The van der Waals surface area contributed by atoms with Crippen molar-refractivity contribution in [2.75, 3.05) is 32.1 Å². The van der Waals surface area contributed by atoms with Crippen molar-refractivity contribution in [1.82, 2.24) is 14.5 Å². The quantitative estimate of drug-likeness (QED) is 0.390. The van der Waals surface area contributed by atoms with E-state index in [9.17, 15) is 13.2 Å². The normalized spacial score (nSPS) is 15.7. The van der Waals surface area contributed by atoms with Crippen LogP contribution in [0, 0.1) is 0 Å². The predicted molar refractivity (Wildman–Crippen MR) is 109 cm³/mol. The van der Waals surface area contributed by atoms with Crippen LogP contribution in [0.5, 0.6) is 0 Å². The van der Waals surface area contributed by atoms with E-state index in [4.69, 9.17) is 4.74 Å². The van der Waals surface area contributed by atoms with E-state index in [2.05, 4.69) is 20.6 Å². The third kappa shape index (κ3) is 7.68. The van der Waals surface area contributed by atoms with Crippen LogP contribution in [0.15, 0.2) is 41.7 Å². The maximum absolute atomic E-state index is 12.7. The molecule has 0 N–H and O–H groups in total. The lowest BCUT2D eigenvalue weighted by Gasteiger charge is -2.25. The summed E-state index contributed by atoms with van der Waals surface area (Å²) >= 11 is 1.50. The number of imidazole rings is 1. The Hall–Kier alpha value is -1.51. The summed E-state index contributed by atoms with van der Waals surface area (Å²) < 4.78 is 45.7. The maximum Gasteiger partial charge on any atom is 0.416 e. The summed E-state index contributed by atoms with van der Waals surface area (Å²) in [4.78, 5) is 7.54. The van der Waals surface area contributed by atoms with Crippen LogP contribution >= 0.6 is 11.8 Å². The van der Waals surface area contributed by atoms with E-state index in [1.165, 1.54) is 23.9 Å². The van der Waals surface area contributed by atoms with Gasteiger partial charge < -0.3 is 9.30 Å². The van der Waals surface area contributed by atoms with Crippen LogP contribution in [-0.4, -0.2) is 46.5 Å². The van der Waals surface area contributed by atoms with Crippen molar-refractivity contribution < 1.29 is 17.9 Å². The van der Waals surface area contributed by atoms with Crippen molar-refractivity contribution in [2.24, 2.45) is 0 Å². The molecule has 0 unspecified atom stereocenters. The maximum atomic E-state index is 12.7. The van der Waals surface area contributed by atoms with Crippen LogP contribution in [-0.2, 0) is 24.0 Å². The first-order chi connectivity index (χ1) is 14.0. The fourth-order valence-electron chi connectivity index (χ4n) is 3.30. The highest BCUT2D eigenvalue weighted by molar-refractivity contribution is 7.99. The highest BCUT2D eigenvalue weighted by Gasteiger charge is 2.30. The molecule has 3 rings (SSSR count). The van der Waals surface area contributed by atoms with Crippen LogP contribution in [0.3, 0.4) is 0 Å². The lowest BCUT2D eigenvalue weighted by atomic mass is 10.2. The van der Waals surface area contributed by atoms with Gasteiger partial charge in [0.1, 0.15) is 0 Å². The minimum absolute atomic E-state index is 0.573. The SMILES string of the molecule is FC(F)(F)c1cccc(SCCCCCCn2cnc(CN3CCOCC3)c2)c1. The molecule has 0 amide bonds. The van der Waals surface area contributed by atoms with Crippen LogP contribution in [0.4, 0.5) is 13.2 Å². The number of thioether (sulfide) groups is 1. The topological polar surface area (TPSA) is 30.3 Å². The van der Waals surface area contributed by atoms with Crippen molar-refractivity contribution in [2.45, 2.75) is 49.8 Å². The summed E-state index contributed by atoms with van der Waals surface area (Å²) in [7, 11) is 0. The highest BCUT2D eigenvalue weighted by atomic mass is 32.2. The minimum Gasteiger partial charge on any atom is -0.379 e. The molecule has 2 aromatic rings. The first kappa shape index (κ1) is 22.2. The lowest BCUT2D eigenvalue weighted by molar-refractivity contribution is -0.137. The van der Waals surface area contributed by atoms with Crippen molar-refractivity contribution >= 4 is 11.8 Å². The van der Waals surface area contributed by atoms with Crippen LogP contribution in [0.25, 0.3) is 0 Å². The summed E-state index contributed by atoms with van der Waals surface area (Å²) in [6.07, 6.45) is 4.04. The fourth-order valence-corrected chi connectivity index (χ4v) is 4.27. The summed E-state index contributed by atoms with van der Waals surface area (Å²) in [5, 5.41) is 0. The predicted octanol–water partition coefficient (Wildman–Crippen LogP) is 5.09. The van der Waals surface area contributed by atoms with Crippen LogP contribution in [0.1, 0.15) is 36.9 Å².